The molecule has 3 rings (SSSR count). The number of carbonyl (C=O) groups is 1. The molecule has 0 radical (unpaired) electrons. The van der Waals surface area contributed by atoms with Gasteiger partial charge in [-0.2, -0.15) is 4.31 Å². The quantitative estimate of drug-likeness (QED) is 0.835. The first-order chi connectivity index (χ1) is 11.1. The van der Waals surface area contributed by atoms with E-state index in [-0.39, 0.29) is 11.7 Å². The van der Waals surface area contributed by atoms with Gasteiger partial charge in [0.15, 0.2) is 0 Å². The fourth-order valence-electron chi connectivity index (χ4n) is 2.53. The lowest BCUT2D eigenvalue weighted by molar-refractivity contribution is 0.0692. The first kappa shape index (κ1) is 16.1. The molecule has 1 aromatic carbocycles. The lowest BCUT2D eigenvalue weighted by Crippen LogP contribution is -2.50. The zero-order valence-electron chi connectivity index (χ0n) is 12.5. The van der Waals surface area contributed by atoms with Crippen molar-refractivity contribution in [3.63, 3.8) is 0 Å². The maximum Gasteiger partial charge on any atom is 0.273 e. The molecule has 1 fully saturated rings. The van der Waals surface area contributed by atoms with Gasteiger partial charge in [0.1, 0.15) is 5.69 Å². The highest BCUT2D eigenvalue weighted by Gasteiger charge is 2.29. The number of amides is 1. The SMILES string of the molecule is O=C(c1cscn1)N1CCN(S(=O)(=O)Cc2ccccc2)CC1. The summed E-state index contributed by atoms with van der Waals surface area (Å²) in [6.45, 7) is 1.44. The number of nitrogens with zero attached hydrogens (tertiary/aromatic N) is 3. The summed E-state index contributed by atoms with van der Waals surface area (Å²) in [5, 5.41) is 1.71. The monoisotopic (exact) mass is 351 g/mol. The summed E-state index contributed by atoms with van der Waals surface area (Å²) in [4.78, 5) is 17.9. The van der Waals surface area contributed by atoms with Gasteiger partial charge < -0.3 is 4.90 Å². The summed E-state index contributed by atoms with van der Waals surface area (Å²) in [5.74, 6) is -0.139. The minimum atomic E-state index is -3.36. The van der Waals surface area contributed by atoms with E-state index < -0.39 is 10.0 Å². The summed E-state index contributed by atoms with van der Waals surface area (Å²) in [6.07, 6.45) is 0. The van der Waals surface area contributed by atoms with E-state index in [9.17, 15) is 13.2 Å². The fraction of sp³-hybridized carbons (Fsp3) is 0.333. The van der Waals surface area contributed by atoms with Crippen LogP contribution >= 0.6 is 11.3 Å². The fourth-order valence-corrected chi connectivity index (χ4v) is 4.57. The van der Waals surface area contributed by atoms with E-state index in [1.807, 2.05) is 18.2 Å². The normalized spacial score (nSPS) is 16.4. The first-order valence-corrected chi connectivity index (χ1v) is 9.81. The lowest BCUT2D eigenvalue weighted by Gasteiger charge is -2.33. The van der Waals surface area contributed by atoms with Gasteiger partial charge in [-0.05, 0) is 5.56 Å². The molecular weight excluding hydrogens is 334 g/mol. The number of rotatable bonds is 4. The molecule has 1 aromatic heterocycles. The molecule has 0 bridgehead atoms. The highest BCUT2D eigenvalue weighted by molar-refractivity contribution is 7.88. The van der Waals surface area contributed by atoms with Crippen LogP contribution in [0.15, 0.2) is 41.2 Å². The van der Waals surface area contributed by atoms with Crippen LogP contribution in [0.25, 0.3) is 0 Å². The van der Waals surface area contributed by atoms with Crippen molar-refractivity contribution >= 4 is 27.3 Å². The second kappa shape index (κ2) is 6.77. The topological polar surface area (TPSA) is 70.6 Å². The smallest absolute Gasteiger partial charge is 0.273 e. The van der Waals surface area contributed by atoms with E-state index in [0.29, 0.717) is 31.9 Å². The third-order valence-electron chi connectivity index (χ3n) is 3.76. The number of hydrogen-bond donors (Lipinski definition) is 0. The van der Waals surface area contributed by atoms with Crippen molar-refractivity contribution < 1.29 is 13.2 Å². The van der Waals surface area contributed by atoms with Gasteiger partial charge in [0.2, 0.25) is 10.0 Å². The predicted octanol–water partition coefficient (Wildman–Crippen LogP) is 1.43. The highest BCUT2D eigenvalue weighted by atomic mass is 32.2. The highest BCUT2D eigenvalue weighted by Crippen LogP contribution is 2.15. The third-order valence-corrected chi connectivity index (χ3v) is 6.20. The Bertz CT molecular complexity index is 753. The van der Waals surface area contributed by atoms with E-state index in [0.717, 1.165) is 5.56 Å². The van der Waals surface area contributed by atoms with Crippen molar-refractivity contribution in [2.75, 3.05) is 26.2 Å². The van der Waals surface area contributed by atoms with Gasteiger partial charge in [0.05, 0.1) is 11.3 Å². The number of piperazine rings is 1. The molecule has 0 N–H and O–H groups in total. The number of thiazole rings is 1. The van der Waals surface area contributed by atoms with Crippen LogP contribution in [0, 0.1) is 0 Å². The van der Waals surface area contributed by atoms with Crippen LogP contribution in [0.4, 0.5) is 0 Å². The van der Waals surface area contributed by atoms with Gasteiger partial charge in [-0.25, -0.2) is 13.4 Å². The molecule has 2 aromatic rings. The number of sulfonamides is 1. The van der Waals surface area contributed by atoms with Crippen LogP contribution in [0.1, 0.15) is 16.1 Å². The van der Waals surface area contributed by atoms with E-state index in [4.69, 9.17) is 0 Å². The summed E-state index contributed by atoms with van der Waals surface area (Å²) >= 11 is 1.37. The zero-order chi connectivity index (χ0) is 16.3. The number of aromatic nitrogens is 1. The largest absolute Gasteiger partial charge is 0.335 e. The molecule has 1 saturated heterocycles. The van der Waals surface area contributed by atoms with Gasteiger partial charge in [0.25, 0.3) is 5.91 Å². The Kier molecular flexibility index (Phi) is 4.74. The maximum absolute atomic E-state index is 12.5. The third kappa shape index (κ3) is 3.77. The molecule has 0 saturated carbocycles. The van der Waals surface area contributed by atoms with E-state index in [1.54, 1.807) is 27.9 Å². The predicted molar refractivity (Wildman–Crippen MR) is 88.7 cm³/mol. The lowest BCUT2D eigenvalue weighted by atomic mass is 10.2. The van der Waals surface area contributed by atoms with E-state index >= 15 is 0 Å². The van der Waals surface area contributed by atoms with Crippen molar-refractivity contribution in [2.24, 2.45) is 0 Å². The second-order valence-corrected chi connectivity index (χ2v) is 7.99. The summed E-state index contributed by atoms with van der Waals surface area (Å²) in [7, 11) is -3.36. The molecule has 8 heteroatoms. The van der Waals surface area contributed by atoms with E-state index in [1.165, 1.54) is 15.6 Å². The van der Waals surface area contributed by atoms with Gasteiger partial charge in [-0.1, -0.05) is 30.3 Å². The Hall–Kier alpha value is -1.77. The van der Waals surface area contributed by atoms with Crippen LogP contribution in [0.3, 0.4) is 0 Å². The Balaban J connectivity index is 1.61. The van der Waals surface area contributed by atoms with Gasteiger partial charge in [-0.3, -0.25) is 4.79 Å². The van der Waals surface area contributed by atoms with Crippen LogP contribution < -0.4 is 0 Å². The minimum Gasteiger partial charge on any atom is -0.335 e. The average molecular weight is 351 g/mol. The number of benzene rings is 1. The van der Waals surface area contributed by atoms with E-state index in [2.05, 4.69) is 4.98 Å². The molecule has 0 spiro atoms. The molecule has 0 aliphatic carbocycles. The Labute approximate surface area is 139 Å². The second-order valence-electron chi connectivity index (χ2n) is 5.31. The van der Waals surface area contributed by atoms with Crippen LogP contribution in [0.5, 0.6) is 0 Å². The molecular formula is C15H17N3O3S2. The molecule has 1 aliphatic rings. The van der Waals surface area contributed by atoms with Crippen molar-refractivity contribution in [3.8, 4) is 0 Å². The Morgan fingerprint density at radius 1 is 1.13 bits per heavy atom. The summed E-state index contributed by atoms with van der Waals surface area (Å²) < 4.78 is 26.4. The molecule has 2 heterocycles. The molecule has 1 amide bonds. The Morgan fingerprint density at radius 2 is 1.83 bits per heavy atom. The first-order valence-electron chi connectivity index (χ1n) is 7.25. The molecule has 122 valence electrons. The van der Waals surface area contributed by atoms with Crippen LogP contribution in [0.2, 0.25) is 0 Å². The van der Waals surface area contributed by atoms with Crippen molar-refractivity contribution in [1.29, 1.82) is 0 Å². The Morgan fingerprint density at radius 3 is 2.43 bits per heavy atom. The van der Waals surface area contributed by atoms with Gasteiger partial charge >= 0.3 is 0 Å². The van der Waals surface area contributed by atoms with Crippen LogP contribution in [-0.4, -0.2) is 54.7 Å². The van der Waals surface area contributed by atoms with Crippen molar-refractivity contribution in [2.45, 2.75) is 5.75 Å². The molecule has 6 nitrogen and oxygen atoms in total. The molecule has 23 heavy (non-hydrogen) atoms. The maximum atomic E-state index is 12.5. The van der Waals surface area contributed by atoms with Gasteiger partial charge in [0, 0.05) is 31.6 Å². The summed E-state index contributed by atoms with van der Waals surface area (Å²) in [6, 6.07) is 9.13. The number of carbonyl (C=O) groups excluding carboxylic acids is 1. The van der Waals surface area contributed by atoms with Crippen molar-refractivity contribution in [1.82, 2.24) is 14.2 Å². The zero-order valence-corrected chi connectivity index (χ0v) is 14.1. The molecule has 0 atom stereocenters. The van der Waals surface area contributed by atoms with Gasteiger partial charge in [-0.15, -0.1) is 11.3 Å². The average Bonchev–Trinajstić information content (AvgIpc) is 3.09. The minimum absolute atomic E-state index is 0.00608. The van der Waals surface area contributed by atoms with Crippen LogP contribution in [-0.2, 0) is 15.8 Å². The molecule has 0 unspecified atom stereocenters. The molecule has 1 aliphatic heterocycles. The summed E-state index contributed by atoms with van der Waals surface area (Å²) in [5.41, 5.74) is 2.82. The number of hydrogen-bond acceptors (Lipinski definition) is 5. The van der Waals surface area contributed by atoms with Crippen molar-refractivity contribution in [3.05, 3.63) is 52.5 Å². The standard InChI is InChI=1S/C15H17N3O3S2/c19-15(14-10-22-12-16-14)17-6-8-18(9-7-17)23(20,21)11-13-4-2-1-3-5-13/h1-5,10,12H,6-9,11H2.